The lowest BCUT2D eigenvalue weighted by molar-refractivity contribution is -0.158. The maximum Gasteiger partial charge on any atom is 0.328 e. The van der Waals surface area contributed by atoms with E-state index in [1.54, 1.807) is 55.5 Å². The molecule has 0 saturated carbocycles. The smallest absolute Gasteiger partial charge is 0.328 e. The van der Waals surface area contributed by atoms with Crippen LogP contribution in [0.5, 0.6) is 5.75 Å². The first-order chi connectivity index (χ1) is 26.9. The van der Waals surface area contributed by atoms with E-state index in [1.165, 1.54) is 21.8 Å². The number of nitrogens with zero attached hydrogens (tertiary/aromatic N) is 3. The number of carbonyl (C=O) groups excluding carboxylic acids is 7. The number of anilines is 1. The zero-order valence-corrected chi connectivity index (χ0v) is 32.0. The maximum atomic E-state index is 14.5. The molecule has 0 aliphatic carbocycles. The van der Waals surface area contributed by atoms with Crippen LogP contribution in [0.1, 0.15) is 57.9 Å². The van der Waals surface area contributed by atoms with Crippen LogP contribution in [0.4, 0.5) is 10.5 Å². The Morgan fingerprint density at radius 1 is 0.857 bits per heavy atom. The molecule has 16 heteroatoms. The largest absolute Gasteiger partial charge is 0.497 e. The monoisotopic (exact) mass is 773 g/mol. The number of cyclic esters (lactones) is 1. The van der Waals surface area contributed by atoms with Crippen molar-refractivity contribution in [3.8, 4) is 5.75 Å². The molecule has 56 heavy (non-hydrogen) atoms. The summed E-state index contributed by atoms with van der Waals surface area (Å²) in [4.78, 5) is 102. The fourth-order valence-electron chi connectivity index (χ4n) is 8.07. The number of piperidine rings is 1. The number of methoxy groups -OCH3 is 1. The average molecular weight is 774 g/mol. The molecule has 0 radical (unpaired) electrons. The predicted octanol–water partition coefficient (Wildman–Crippen LogP) is 1.58. The van der Waals surface area contributed by atoms with Crippen molar-refractivity contribution in [3.63, 3.8) is 0 Å². The highest BCUT2D eigenvalue weighted by molar-refractivity contribution is 5.98. The molecule has 4 N–H and O–H groups in total. The molecular formula is C40H51N7O9. The molecule has 0 spiro atoms. The molecule has 4 saturated heterocycles. The van der Waals surface area contributed by atoms with Crippen LogP contribution in [-0.2, 0) is 39.9 Å². The Labute approximate surface area is 326 Å². The molecule has 4 fully saturated rings. The Kier molecular flexibility index (Phi) is 12.8. The van der Waals surface area contributed by atoms with Crippen LogP contribution < -0.4 is 26.0 Å². The number of hydrogen-bond donors (Lipinski definition) is 4. The maximum absolute atomic E-state index is 14.5. The van der Waals surface area contributed by atoms with Crippen molar-refractivity contribution in [2.24, 2.45) is 5.92 Å². The summed E-state index contributed by atoms with van der Waals surface area (Å²) in [5.41, 5.74) is 1.14. The molecule has 4 heterocycles. The Bertz CT molecular complexity index is 1810. The van der Waals surface area contributed by atoms with E-state index in [9.17, 15) is 33.6 Å². The van der Waals surface area contributed by atoms with Gasteiger partial charge in [0.15, 0.2) is 0 Å². The number of urea groups is 1. The minimum atomic E-state index is -1.45. The number of fused-ring (bicyclic) bond motifs is 3. The van der Waals surface area contributed by atoms with Crippen molar-refractivity contribution < 1.29 is 43.0 Å². The van der Waals surface area contributed by atoms with Gasteiger partial charge in [0.25, 0.3) is 0 Å². The number of amides is 7. The summed E-state index contributed by atoms with van der Waals surface area (Å²) >= 11 is 0. The molecule has 2 aromatic carbocycles. The number of nitrogens with one attached hydrogen (secondary N) is 4. The van der Waals surface area contributed by atoms with Crippen LogP contribution in [0.15, 0.2) is 54.6 Å². The van der Waals surface area contributed by atoms with Gasteiger partial charge in [-0.25, -0.2) is 9.59 Å². The Balaban J connectivity index is 1.29. The lowest BCUT2D eigenvalue weighted by atomic mass is 9.99. The summed E-state index contributed by atoms with van der Waals surface area (Å²) in [6.45, 7) is 3.64. The lowest BCUT2D eigenvalue weighted by Gasteiger charge is -2.39. The van der Waals surface area contributed by atoms with Crippen molar-refractivity contribution in [1.82, 2.24) is 30.7 Å². The predicted molar refractivity (Wildman–Crippen MR) is 203 cm³/mol. The molecule has 4 aliphatic rings. The number of carbonyl (C=O) groups is 7. The summed E-state index contributed by atoms with van der Waals surface area (Å²) in [6, 6.07) is 8.67. The highest BCUT2D eigenvalue weighted by Gasteiger charge is 2.46. The van der Waals surface area contributed by atoms with Crippen LogP contribution >= 0.6 is 0 Å². The molecule has 6 rings (SSSR count). The highest BCUT2D eigenvalue weighted by atomic mass is 16.5. The summed E-state index contributed by atoms with van der Waals surface area (Å²) in [7, 11) is 1.50. The molecule has 0 aromatic heterocycles. The van der Waals surface area contributed by atoms with Gasteiger partial charge in [-0.3, -0.25) is 24.0 Å². The Morgan fingerprint density at radius 3 is 2.36 bits per heavy atom. The van der Waals surface area contributed by atoms with E-state index >= 15 is 0 Å². The second kappa shape index (κ2) is 17.9. The molecule has 4 aliphatic heterocycles. The van der Waals surface area contributed by atoms with Crippen molar-refractivity contribution in [1.29, 1.82) is 0 Å². The molecule has 300 valence electrons. The van der Waals surface area contributed by atoms with Gasteiger partial charge in [-0.2, -0.15) is 0 Å². The quantitative estimate of drug-likeness (QED) is 0.302. The minimum absolute atomic E-state index is 0.0524. The number of rotatable bonds is 7. The first-order valence-electron chi connectivity index (χ1n) is 19.4. The van der Waals surface area contributed by atoms with Gasteiger partial charge >= 0.3 is 12.0 Å². The lowest BCUT2D eigenvalue weighted by Crippen LogP contribution is -2.62. The fraction of sp³-hybridized carbons (Fsp3) is 0.525. The van der Waals surface area contributed by atoms with Crippen molar-refractivity contribution >= 4 is 47.2 Å². The van der Waals surface area contributed by atoms with Gasteiger partial charge in [-0.05, 0) is 69.1 Å². The van der Waals surface area contributed by atoms with Crippen molar-refractivity contribution in [3.05, 3.63) is 60.2 Å². The highest BCUT2D eigenvalue weighted by Crippen LogP contribution is 2.28. The first-order valence-corrected chi connectivity index (χ1v) is 19.4. The van der Waals surface area contributed by atoms with Crippen LogP contribution in [0.2, 0.25) is 0 Å². The van der Waals surface area contributed by atoms with Gasteiger partial charge in [0.2, 0.25) is 29.5 Å². The van der Waals surface area contributed by atoms with Gasteiger partial charge in [0.1, 0.15) is 48.6 Å². The normalized spacial score (nSPS) is 26.6. The molecule has 2 aromatic rings. The summed E-state index contributed by atoms with van der Waals surface area (Å²) < 4.78 is 11.0. The third kappa shape index (κ3) is 9.23. The van der Waals surface area contributed by atoms with Crippen LogP contribution in [0.25, 0.3) is 0 Å². The van der Waals surface area contributed by atoms with Crippen LogP contribution in [-0.4, -0.2) is 126 Å². The van der Waals surface area contributed by atoms with Gasteiger partial charge < -0.3 is 45.4 Å². The van der Waals surface area contributed by atoms with E-state index < -0.39 is 84.4 Å². The van der Waals surface area contributed by atoms with Gasteiger partial charge in [-0.15, -0.1) is 0 Å². The van der Waals surface area contributed by atoms with Gasteiger partial charge in [0, 0.05) is 37.8 Å². The van der Waals surface area contributed by atoms with E-state index in [0.29, 0.717) is 56.5 Å². The number of hydrogen-bond acceptors (Lipinski definition) is 9. The van der Waals surface area contributed by atoms with Gasteiger partial charge in [0.05, 0.1) is 7.11 Å². The van der Waals surface area contributed by atoms with E-state index in [2.05, 4.69) is 21.3 Å². The van der Waals surface area contributed by atoms with E-state index in [4.69, 9.17) is 9.47 Å². The molecule has 16 nitrogen and oxygen atoms in total. The molecule has 7 amide bonds. The third-order valence-corrected chi connectivity index (χ3v) is 10.9. The Morgan fingerprint density at radius 2 is 1.59 bits per heavy atom. The summed E-state index contributed by atoms with van der Waals surface area (Å²) in [6.07, 6.45) is 2.97. The molecule has 0 bridgehead atoms. The third-order valence-electron chi connectivity index (χ3n) is 10.9. The Hall–Kier alpha value is -5.67. The first kappa shape index (κ1) is 40.0. The van der Waals surface area contributed by atoms with Crippen molar-refractivity contribution in [2.75, 3.05) is 38.7 Å². The van der Waals surface area contributed by atoms with Crippen LogP contribution in [0, 0.1) is 5.92 Å². The second-order valence-electron chi connectivity index (χ2n) is 15.1. The van der Waals surface area contributed by atoms with E-state index in [-0.39, 0.29) is 25.4 Å². The number of benzene rings is 2. The second-order valence-corrected chi connectivity index (χ2v) is 15.1. The zero-order chi connectivity index (χ0) is 39.9. The zero-order valence-electron chi connectivity index (χ0n) is 32.0. The number of ether oxygens (including phenoxy) is 2. The average Bonchev–Trinajstić information content (AvgIpc) is 3.85. The molecular weight excluding hydrogens is 722 g/mol. The van der Waals surface area contributed by atoms with Crippen LogP contribution in [0.3, 0.4) is 0 Å². The molecule has 7 atom stereocenters. The topological polar surface area (TPSA) is 196 Å². The SMILES string of the molecule is COc1cccc(NC(=O)N[C@@H](Cc2ccccc2)C(=O)N[C@H]2COC(=O)C3C[C@@H](C)CN3C(=O)[C@H](C)NC(=O)[C@@H]3CCCCN3C(=O)[C@@H]3CCCN3C2=O)c1. The van der Waals surface area contributed by atoms with E-state index in [1.807, 2.05) is 13.0 Å². The minimum Gasteiger partial charge on any atom is -0.497 e. The van der Waals surface area contributed by atoms with Gasteiger partial charge in [-0.1, -0.05) is 43.3 Å². The number of esters is 1. The summed E-state index contributed by atoms with van der Waals surface area (Å²) in [5, 5.41) is 10.9. The van der Waals surface area contributed by atoms with E-state index in [0.717, 1.165) is 5.56 Å². The standard InChI is InChI=1S/C40H51N7O9/c1-24-19-33-39(53)56-23-30(43-34(48)29(20-26-11-5-4-6-12-26)44-40(54)42-27-13-9-14-28(21-27)55-3)37(51)46-18-10-16-32(46)38(52)45-17-8-7-15-31(45)35(49)41-25(2)36(50)47(33)22-24/h4-6,9,11-14,21,24-25,29-33H,7-8,10,15-20,22-23H2,1-3H3,(H,41,49)(H,43,48)(H2,42,44,54)/t24-,25+,29+,30+,31+,32+,33?/m1/s1. The van der Waals surface area contributed by atoms with Crippen molar-refractivity contribution in [2.45, 2.75) is 95.0 Å². The molecule has 1 unspecified atom stereocenters. The summed E-state index contributed by atoms with van der Waals surface area (Å²) in [5.74, 6) is -2.99. The fourth-order valence-corrected chi connectivity index (χ4v) is 8.07.